The van der Waals surface area contributed by atoms with Gasteiger partial charge in [0, 0.05) is 0 Å². The highest BCUT2D eigenvalue weighted by molar-refractivity contribution is 7.89. The van der Waals surface area contributed by atoms with E-state index in [0.717, 1.165) is 42.9 Å². The van der Waals surface area contributed by atoms with E-state index in [2.05, 4.69) is 4.72 Å². The molecule has 0 aliphatic heterocycles. The first-order chi connectivity index (χ1) is 12.8. The summed E-state index contributed by atoms with van der Waals surface area (Å²) < 4.78 is 66.5. The molecule has 144 valence electrons. The summed E-state index contributed by atoms with van der Waals surface area (Å²) in [5, 5.41) is 2.00. The summed E-state index contributed by atoms with van der Waals surface area (Å²) >= 11 is 0. The summed E-state index contributed by atoms with van der Waals surface area (Å²) in [7, 11) is -3.94. The number of fused-ring (bicyclic) bond motifs is 1. The fourth-order valence-electron chi connectivity index (χ4n) is 2.94. The van der Waals surface area contributed by atoms with Crippen LogP contribution in [0.25, 0.3) is 0 Å². The monoisotopic (exact) mass is 398 g/mol. The average Bonchev–Trinajstić information content (AvgIpc) is 2.66. The van der Waals surface area contributed by atoms with Gasteiger partial charge in [-0.05, 0) is 61.1 Å². The normalized spacial score (nSPS) is 13.9. The van der Waals surface area contributed by atoms with E-state index in [0.29, 0.717) is 6.07 Å². The van der Waals surface area contributed by atoms with Gasteiger partial charge in [-0.2, -0.15) is 0 Å². The third-order valence-corrected chi connectivity index (χ3v) is 5.76. The molecule has 0 heterocycles. The molecule has 5 nitrogen and oxygen atoms in total. The molecule has 0 spiro atoms. The fourth-order valence-corrected chi connectivity index (χ4v) is 3.97. The van der Waals surface area contributed by atoms with Gasteiger partial charge in [0.15, 0.2) is 17.5 Å². The van der Waals surface area contributed by atoms with Crippen molar-refractivity contribution < 1.29 is 26.4 Å². The molecule has 2 aromatic carbocycles. The molecule has 0 aromatic heterocycles. The summed E-state index contributed by atoms with van der Waals surface area (Å²) in [4.78, 5) is 11.9. The Morgan fingerprint density at radius 1 is 0.963 bits per heavy atom. The number of rotatable bonds is 5. The zero-order valence-corrected chi connectivity index (χ0v) is 15.0. The first-order valence-corrected chi connectivity index (χ1v) is 9.81. The second kappa shape index (κ2) is 7.69. The summed E-state index contributed by atoms with van der Waals surface area (Å²) in [5.74, 6) is -5.58. The van der Waals surface area contributed by atoms with Gasteiger partial charge in [0.1, 0.15) is 0 Å². The lowest BCUT2D eigenvalue weighted by molar-refractivity contribution is -0.115. The molecule has 1 aliphatic rings. The highest BCUT2D eigenvalue weighted by Crippen LogP contribution is 2.24. The standard InChI is InChI=1S/C18H17F3N2O3S/c19-14-7-8-15(18(21)17(14)20)23-16(24)10-22-27(25,26)13-6-5-11-3-1-2-4-12(11)9-13/h5-9,22H,1-4,10H2,(H,23,24). The quantitative estimate of drug-likeness (QED) is 0.761. The minimum absolute atomic E-state index is 0.0370. The van der Waals surface area contributed by atoms with Crippen molar-refractivity contribution in [2.75, 3.05) is 11.9 Å². The molecule has 0 bridgehead atoms. The Bertz CT molecular complexity index is 994. The number of carbonyl (C=O) groups is 1. The van der Waals surface area contributed by atoms with Gasteiger partial charge in [0.2, 0.25) is 15.9 Å². The Morgan fingerprint density at radius 2 is 1.67 bits per heavy atom. The topological polar surface area (TPSA) is 75.3 Å². The molecular formula is C18H17F3N2O3S. The minimum atomic E-state index is -3.94. The summed E-state index contributed by atoms with van der Waals surface area (Å²) in [5.41, 5.74) is 1.51. The van der Waals surface area contributed by atoms with Crippen LogP contribution in [0.1, 0.15) is 24.0 Å². The van der Waals surface area contributed by atoms with Crippen molar-refractivity contribution in [2.45, 2.75) is 30.6 Å². The van der Waals surface area contributed by atoms with Gasteiger partial charge < -0.3 is 5.32 Å². The van der Waals surface area contributed by atoms with Crippen molar-refractivity contribution in [1.82, 2.24) is 4.72 Å². The molecule has 27 heavy (non-hydrogen) atoms. The third-order valence-electron chi connectivity index (χ3n) is 4.36. The maximum Gasteiger partial charge on any atom is 0.241 e. The fraction of sp³-hybridized carbons (Fsp3) is 0.278. The number of hydrogen-bond acceptors (Lipinski definition) is 3. The SMILES string of the molecule is O=C(CNS(=O)(=O)c1ccc2c(c1)CCCC2)Nc1ccc(F)c(F)c1F. The third kappa shape index (κ3) is 4.30. The van der Waals surface area contributed by atoms with Gasteiger partial charge in [-0.15, -0.1) is 0 Å². The maximum atomic E-state index is 13.6. The summed E-state index contributed by atoms with van der Waals surface area (Å²) in [6.45, 7) is -0.683. The van der Waals surface area contributed by atoms with Crippen LogP contribution in [0.2, 0.25) is 0 Å². The van der Waals surface area contributed by atoms with E-state index in [4.69, 9.17) is 0 Å². The van der Waals surface area contributed by atoms with Crippen molar-refractivity contribution in [3.8, 4) is 0 Å². The number of nitrogens with one attached hydrogen (secondary N) is 2. The van der Waals surface area contributed by atoms with Crippen molar-refractivity contribution in [2.24, 2.45) is 0 Å². The predicted octanol–water partition coefficient (Wildman–Crippen LogP) is 2.90. The van der Waals surface area contributed by atoms with E-state index in [9.17, 15) is 26.4 Å². The van der Waals surface area contributed by atoms with E-state index < -0.39 is 45.6 Å². The second-order valence-corrected chi connectivity index (χ2v) is 8.00. The molecule has 1 aliphatic carbocycles. The molecule has 2 N–H and O–H groups in total. The predicted molar refractivity (Wildman–Crippen MR) is 93.2 cm³/mol. The zero-order chi connectivity index (χ0) is 19.6. The molecule has 0 fully saturated rings. The van der Waals surface area contributed by atoms with Crippen LogP contribution in [-0.2, 0) is 27.7 Å². The van der Waals surface area contributed by atoms with Crippen molar-refractivity contribution in [3.05, 3.63) is 58.9 Å². The Morgan fingerprint density at radius 3 is 2.41 bits per heavy atom. The van der Waals surface area contributed by atoms with Crippen LogP contribution < -0.4 is 10.0 Å². The molecule has 1 amide bonds. The number of amides is 1. The smallest absolute Gasteiger partial charge is 0.241 e. The molecule has 2 aromatic rings. The van der Waals surface area contributed by atoms with Crippen LogP contribution in [0.3, 0.4) is 0 Å². The molecule has 0 saturated carbocycles. The van der Waals surface area contributed by atoms with Crippen LogP contribution >= 0.6 is 0 Å². The van der Waals surface area contributed by atoms with Gasteiger partial charge in [-0.3, -0.25) is 4.79 Å². The van der Waals surface area contributed by atoms with Gasteiger partial charge in [0.05, 0.1) is 17.1 Å². The first-order valence-electron chi connectivity index (χ1n) is 8.33. The van der Waals surface area contributed by atoms with Crippen LogP contribution in [-0.4, -0.2) is 20.9 Å². The average molecular weight is 398 g/mol. The summed E-state index contributed by atoms with van der Waals surface area (Å²) in [6.07, 6.45) is 3.77. The highest BCUT2D eigenvalue weighted by Gasteiger charge is 2.20. The molecular weight excluding hydrogens is 381 g/mol. The molecule has 0 radical (unpaired) electrons. The second-order valence-electron chi connectivity index (χ2n) is 6.23. The van der Waals surface area contributed by atoms with E-state index in [-0.39, 0.29) is 4.90 Å². The van der Waals surface area contributed by atoms with Crippen LogP contribution in [0.4, 0.5) is 18.9 Å². The Labute approximate surface area is 154 Å². The van der Waals surface area contributed by atoms with Crippen LogP contribution in [0.5, 0.6) is 0 Å². The highest BCUT2D eigenvalue weighted by atomic mass is 32.2. The largest absolute Gasteiger partial charge is 0.322 e. The molecule has 3 rings (SSSR count). The van der Waals surface area contributed by atoms with E-state index in [1.165, 1.54) is 6.07 Å². The van der Waals surface area contributed by atoms with Gasteiger partial charge in [-0.25, -0.2) is 26.3 Å². The lowest BCUT2D eigenvalue weighted by atomic mass is 9.92. The van der Waals surface area contributed by atoms with Gasteiger partial charge in [-0.1, -0.05) is 6.07 Å². The zero-order valence-electron chi connectivity index (χ0n) is 14.2. The van der Waals surface area contributed by atoms with E-state index in [1.807, 2.05) is 5.32 Å². The van der Waals surface area contributed by atoms with Gasteiger partial charge >= 0.3 is 0 Å². The van der Waals surface area contributed by atoms with Crippen molar-refractivity contribution >= 4 is 21.6 Å². The Balaban J connectivity index is 1.67. The number of halogens is 3. The van der Waals surface area contributed by atoms with E-state index >= 15 is 0 Å². The van der Waals surface area contributed by atoms with Crippen LogP contribution in [0, 0.1) is 17.5 Å². The molecule has 9 heteroatoms. The lowest BCUT2D eigenvalue weighted by Gasteiger charge is -2.16. The van der Waals surface area contributed by atoms with Crippen molar-refractivity contribution in [1.29, 1.82) is 0 Å². The molecule has 0 saturated heterocycles. The van der Waals surface area contributed by atoms with Crippen molar-refractivity contribution in [3.63, 3.8) is 0 Å². The number of aryl methyl sites for hydroxylation is 2. The number of anilines is 1. The number of benzene rings is 2. The summed E-state index contributed by atoms with van der Waals surface area (Å²) in [6, 6.07) is 6.33. The molecule has 0 unspecified atom stereocenters. The first kappa shape index (κ1) is 19.4. The number of carbonyl (C=O) groups excluding carboxylic acids is 1. The van der Waals surface area contributed by atoms with E-state index in [1.54, 1.807) is 12.1 Å². The molecule has 0 atom stereocenters. The lowest BCUT2D eigenvalue weighted by Crippen LogP contribution is -2.33. The maximum absolute atomic E-state index is 13.6. The number of hydrogen-bond donors (Lipinski definition) is 2. The minimum Gasteiger partial charge on any atom is -0.322 e. The van der Waals surface area contributed by atoms with Gasteiger partial charge in [0.25, 0.3) is 0 Å². The number of sulfonamides is 1. The Kier molecular flexibility index (Phi) is 5.52. The Hall–Kier alpha value is -2.39. The van der Waals surface area contributed by atoms with Crippen LogP contribution in [0.15, 0.2) is 35.2 Å².